The van der Waals surface area contributed by atoms with Crippen molar-refractivity contribution in [3.8, 4) is 11.5 Å². The summed E-state index contributed by atoms with van der Waals surface area (Å²) in [4.78, 5) is 28.3. The maximum Gasteiger partial charge on any atom is 0.270 e. The molecule has 3 rings (SSSR count). The van der Waals surface area contributed by atoms with Gasteiger partial charge in [0.25, 0.3) is 11.8 Å². The summed E-state index contributed by atoms with van der Waals surface area (Å²) in [5.41, 5.74) is 0.455. The summed E-state index contributed by atoms with van der Waals surface area (Å²) < 4.78 is 10.6. The molecule has 7 nitrogen and oxygen atoms in total. The highest BCUT2D eigenvalue weighted by molar-refractivity contribution is 5.96. The van der Waals surface area contributed by atoms with Gasteiger partial charge in [0.1, 0.15) is 29.5 Å². The lowest BCUT2D eigenvalue weighted by atomic mass is 10.2. The van der Waals surface area contributed by atoms with Crippen LogP contribution in [0.3, 0.4) is 0 Å². The predicted molar refractivity (Wildman–Crippen MR) is 95.5 cm³/mol. The van der Waals surface area contributed by atoms with E-state index < -0.39 is 0 Å². The van der Waals surface area contributed by atoms with Gasteiger partial charge in [0.15, 0.2) is 0 Å². The Bertz CT molecular complexity index is 773. The van der Waals surface area contributed by atoms with Gasteiger partial charge < -0.3 is 20.1 Å². The van der Waals surface area contributed by atoms with Crippen molar-refractivity contribution >= 4 is 11.8 Å². The van der Waals surface area contributed by atoms with Crippen LogP contribution in [0, 0.1) is 0 Å². The van der Waals surface area contributed by atoms with Crippen molar-refractivity contribution in [1.82, 2.24) is 15.6 Å². The lowest BCUT2D eigenvalue weighted by Crippen LogP contribution is -2.30. The summed E-state index contributed by atoms with van der Waals surface area (Å²) in [6, 6.07) is 12.3. The van der Waals surface area contributed by atoms with Gasteiger partial charge in [-0.1, -0.05) is 6.07 Å². The van der Waals surface area contributed by atoms with Gasteiger partial charge in [0.05, 0.1) is 13.7 Å². The van der Waals surface area contributed by atoms with Crippen molar-refractivity contribution in [2.24, 2.45) is 0 Å². The van der Waals surface area contributed by atoms with Crippen molar-refractivity contribution in [2.45, 2.75) is 18.9 Å². The highest BCUT2D eigenvalue weighted by Crippen LogP contribution is 2.19. The number of amides is 2. The molecule has 2 amide bonds. The number of rotatable bonds is 8. The van der Waals surface area contributed by atoms with E-state index in [4.69, 9.17) is 9.47 Å². The van der Waals surface area contributed by atoms with Crippen LogP contribution in [-0.2, 0) is 0 Å². The van der Waals surface area contributed by atoms with Crippen molar-refractivity contribution < 1.29 is 19.1 Å². The van der Waals surface area contributed by atoms with E-state index in [-0.39, 0.29) is 29.2 Å². The second kappa shape index (κ2) is 8.33. The quantitative estimate of drug-likeness (QED) is 0.705. The molecule has 1 aromatic heterocycles. The number of hydrogen-bond acceptors (Lipinski definition) is 5. The molecule has 0 saturated heterocycles. The standard InChI is InChI=1S/C19H21N3O4/c1-25-14-7-9-15(10-8-14)26-12-11-20-18(23)16-3-2-4-17(22-16)19(24)21-13-5-6-13/h2-4,7-10,13H,5-6,11-12H2,1H3,(H,20,23)(H,21,24). The smallest absolute Gasteiger partial charge is 0.270 e. The Morgan fingerprint density at radius 2 is 1.69 bits per heavy atom. The minimum atomic E-state index is -0.343. The van der Waals surface area contributed by atoms with E-state index in [1.807, 2.05) is 0 Å². The van der Waals surface area contributed by atoms with Crippen molar-refractivity contribution in [2.75, 3.05) is 20.3 Å². The fraction of sp³-hybridized carbons (Fsp3) is 0.316. The molecule has 0 bridgehead atoms. The van der Waals surface area contributed by atoms with Crippen LogP contribution in [0.4, 0.5) is 0 Å². The number of hydrogen-bond donors (Lipinski definition) is 2. The maximum absolute atomic E-state index is 12.2. The molecule has 1 fully saturated rings. The van der Waals surface area contributed by atoms with Crippen LogP contribution >= 0.6 is 0 Å². The fourth-order valence-electron chi connectivity index (χ4n) is 2.27. The van der Waals surface area contributed by atoms with Gasteiger partial charge in [-0.25, -0.2) is 4.98 Å². The molecule has 1 saturated carbocycles. The summed E-state index contributed by atoms with van der Waals surface area (Å²) in [5.74, 6) is 0.855. The van der Waals surface area contributed by atoms with E-state index in [0.717, 1.165) is 18.6 Å². The molecule has 0 radical (unpaired) electrons. The van der Waals surface area contributed by atoms with E-state index in [9.17, 15) is 9.59 Å². The first-order chi connectivity index (χ1) is 12.7. The minimum absolute atomic E-state index is 0.206. The zero-order valence-corrected chi connectivity index (χ0v) is 14.5. The highest BCUT2D eigenvalue weighted by atomic mass is 16.5. The molecule has 1 heterocycles. The number of nitrogens with one attached hydrogen (secondary N) is 2. The van der Waals surface area contributed by atoms with Crippen LogP contribution < -0.4 is 20.1 Å². The number of benzene rings is 1. The Morgan fingerprint density at radius 3 is 2.35 bits per heavy atom. The molecule has 26 heavy (non-hydrogen) atoms. The van der Waals surface area contributed by atoms with E-state index in [0.29, 0.717) is 18.9 Å². The third kappa shape index (κ3) is 4.95. The molecule has 0 spiro atoms. The summed E-state index contributed by atoms with van der Waals surface area (Å²) >= 11 is 0. The van der Waals surface area contributed by atoms with Gasteiger partial charge in [-0.05, 0) is 49.2 Å². The first kappa shape index (κ1) is 17.7. The Morgan fingerprint density at radius 1 is 1.04 bits per heavy atom. The van der Waals surface area contributed by atoms with Crippen LogP contribution in [0.15, 0.2) is 42.5 Å². The molecule has 1 aromatic carbocycles. The van der Waals surface area contributed by atoms with E-state index in [1.54, 1.807) is 49.6 Å². The normalized spacial score (nSPS) is 13.0. The number of pyridine rings is 1. The van der Waals surface area contributed by atoms with Crippen molar-refractivity contribution in [3.05, 3.63) is 53.9 Å². The Kier molecular flexibility index (Phi) is 5.68. The summed E-state index contributed by atoms with van der Waals surface area (Å²) in [6.07, 6.45) is 2.00. The first-order valence-electron chi connectivity index (χ1n) is 8.48. The Labute approximate surface area is 151 Å². The molecule has 0 unspecified atom stereocenters. The van der Waals surface area contributed by atoms with Crippen LogP contribution in [0.5, 0.6) is 11.5 Å². The highest BCUT2D eigenvalue weighted by Gasteiger charge is 2.24. The molecule has 1 aliphatic rings. The maximum atomic E-state index is 12.2. The lowest BCUT2D eigenvalue weighted by molar-refractivity contribution is 0.0939. The number of carbonyl (C=O) groups excluding carboxylic acids is 2. The van der Waals surface area contributed by atoms with E-state index in [2.05, 4.69) is 15.6 Å². The predicted octanol–water partition coefficient (Wildman–Crippen LogP) is 1.79. The molecule has 136 valence electrons. The molecule has 0 atom stereocenters. The van der Waals surface area contributed by atoms with Gasteiger partial charge in [0.2, 0.25) is 0 Å². The molecule has 0 aliphatic heterocycles. The monoisotopic (exact) mass is 355 g/mol. The molecule has 7 heteroatoms. The number of nitrogens with zero attached hydrogens (tertiary/aromatic N) is 1. The van der Waals surface area contributed by atoms with Gasteiger partial charge in [-0.15, -0.1) is 0 Å². The number of ether oxygens (including phenoxy) is 2. The Balaban J connectivity index is 1.46. The largest absolute Gasteiger partial charge is 0.497 e. The molecular weight excluding hydrogens is 334 g/mol. The van der Waals surface area contributed by atoms with Crippen LogP contribution in [0.1, 0.15) is 33.8 Å². The van der Waals surface area contributed by atoms with Gasteiger partial charge in [-0.3, -0.25) is 9.59 Å². The number of methoxy groups -OCH3 is 1. The average Bonchev–Trinajstić information content (AvgIpc) is 3.49. The molecule has 1 aliphatic carbocycles. The minimum Gasteiger partial charge on any atom is -0.497 e. The second-order valence-electron chi connectivity index (χ2n) is 5.94. The van der Waals surface area contributed by atoms with Gasteiger partial charge in [0, 0.05) is 6.04 Å². The summed E-state index contributed by atoms with van der Waals surface area (Å²) in [6.45, 7) is 0.644. The second-order valence-corrected chi connectivity index (χ2v) is 5.94. The first-order valence-corrected chi connectivity index (χ1v) is 8.48. The van der Waals surface area contributed by atoms with Gasteiger partial charge >= 0.3 is 0 Å². The zero-order valence-electron chi connectivity index (χ0n) is 14.5. The summed E-state index contributed by atoms with van der Waals surface area (Å²) in [7, 11) is 1.60. The number of aromatic nitrogens is 1. The molecule has 2 aromatic rings. The molecular formula is C19H21N3O4. The van der Waals surface area contributed by atoms with Crippen LogP contribution in [-0.4, -0.2) is 43.1 Å². The lowest BCUT2D eigenvalue weighted by Gasteiger charge is -2.09. The van der Waals surface area contributed by atoms with Crippen molar-refractivity contribution in [3.63, 3.8) is 0 Å². The third-order valence-corrected chi connectivity index (χ3v) is 3.84. The van der Waals surface area contributed by atoms with Gasteiger partial charge in [-0.2, -0.15) is 0 Å². The van der Waals surface area contributed by atoms with Crippen LogP contribution in [0.25, 0.3) is 0 Å². The zero-order chi connectivity index (χ0) is 18.4. The number of carbonyl (C=O) groups is 2. The van der Waals surface area contributed by atoms with E-state index in [1.165, 1.54) is 0 Å². The van der Waals surface area contributed by atoms with Crippen molar-refractivity contribution in [1.29, 1.82) is 0 Å². The average molecular weight is 355 g/mol. The SMILES string of the molecule is COc1ccc(OCCNC(=O)c2cccc(C(=O)NC3CC3)n2)cc1. The Hall–Kier alpha value is -3.09. The van der Waals surface area contributed by atoms with Crippen LogP contribution in [0.2, 0.25) is 0 Å². The third-order valence-electron chi connectivity index (χ3n) is 3.84. The van der Waals surface area contributed by atoms with E-state index >= 15 is 0 Å². The summed E-state index contributed by atoms with van der Waals surface area (Å²) in [5, 5.41) is 5.58. The topological polar surface area (TPSA) is 89.5 Å². The fourth-order valence-corrected chi connectivity index (χ4v) is 2.27. The molecule has 2 N–H and O–H groups in total.